The lowest BCUT2D eigenvalue weighted by Gasteiger charge is -2.20. The smallest absolute Gasteiger partial charge is 0.323 e. The van der Waals surface area contributed by atoms with Crippen molar-refractivity contribution >= 4 is 23.6 Å². The minimum Gasteiger partial charge on any atom is -0.480 e. The first kappa shape index (κ1) is 17.4. The zero-order valence-electron chi connectivity index (χ0n) is 12.4. The molecule has 0 unspecified atom stereocenters. The fraction of sp³-hybridized carbons (Fsp3) is 0.667. The maximum absolute atomic E-state index is 12.1. The van der Waals surface area contributed by atoms with Crippen molar-refractivity contribution in [2.75, 3.05) is 32.6 Å². The molecule has 21 heavy (non-hydrogen) atoms. The number of thioether (sulfide) groups is 1. The van der Waals surface area contributed by atoms with Gasteiger partial charge in [-0.3, -0.25) is 9.59 Å². The first-order valence-corrected chi connectivity index (χ1v) is 7.45. The molecule has 0 aliphatic heterocycles. The third kappa shape index (κ3) is 5.72. The molecule has 1 aromatic rings. The number of ether oxygens (including phenoxy) is 1. The van der Waals surface area contributed by atoms with Gasteiger partial charge in [0.2, 0.25) is 5.91 Å². The van der Waals surface area contributed by atoms with Crippen molar-refractivity contribution < 1.29 is 19.4 Å². The van der Waals surface area contributed by atoms with Crippen LogP contribution in [0.25, 0.3) is 0 Å². The number of hydrogen-bond donors (Lipinski definition) is 1. The summed E-state index contributed by atoms with van der Waals surface area (Å²) in [6.45, 7) is 4.19. The summed E-state index contributed by atoms with van der Waals surface area (Å²) in [4.78, 5) is 24.1. The lowest BCUT2D eigenvalue weighted by atomic mass is 10.4. The predicted molar refractivity (Wildman–Crippen MR) is 77.2 cm³/mol. The maximum atomic E-state index is 12.1. The summed E-state index contributed by atoms with van der Waals surface area (Å²) in [5, 5.41) is 17.2. The highest BCUT2D eigenvalue weighted by atomic mass is 32.2. The second-order valence-corrected chi connectivity index (χ2v) is 5.55. The molecule has 1 aromatic heterocycles. The maximum Gasteiger partial charge on any atom is 0.323 e. The molecule has 0 aliphatic rings. The molecule has 0 saturated heterocycles. The van der Waals surface area contributed by atoms with E-state index in [0.29, 0.717) is 11.8 Å². The first-order valence-electron chi connectivity index (χ1n) is 6.46. The molecule has 0 atom stereocenters. The van der Waals surface area contributed by atoms with Gasteiger partial charge in [-0.1, -0.05) is 11.8 Å². The van der Waals surface area contributed by atoms with E-state index in [9.17, 15) is 9.59 Å². The minimum absolute atomic E-state index is 0.113. The fourth-order valence-electron chi connectivity index (χ4n) is 1.56. The molecular weight excluding hydrogens is 296 g/mol. The average molecular weight is 316 g/mol. The van der Waals surface area contributed by atoms with Gasteiger partial charge in [0.1, 0.15) is 12.9 Å². The van der Waals surface area contributed by atoms with Crippen LogP contribution in [0.2, 0.25) is 0 Å². The van der Waals surface area contributed by atoms with Crippen LogP contribution >= 0.6 is 11.8 Å². The van der Waals surface area contributed by atoms with Gasteiger partial charge in [0.05, 0.1) is 12.4 Å². The number of carboxylic acids is 1. The normalized spacial score (nSPS) is 10.9. The van der Waals surface area contributed by atoms with E-state index in [1.807, 2.05) is 18.4 Å². The molecule has 0 saturated carbocycles. The summed E-state index contributed by atoms with van der Waals surface area (Å²) < 4.78 is 6.74. The van der Waals surface area contributed by atoms with Crippen molar-refractivity contribution in [1.29, 1.82) is 0 Å². The summed E-state index contributed by atoms with van der Waals surface area (Å²) in [5.41, 5.74) is 0. The Morgan fingerprint density at radius 1 is 1.52 bits per heavy atom. The van der Waals surface area contributed by atoms with E-state index < -0.39 is 5.97 Å². The van der Waals surface area contributed by atoms with E-state index in [0.717, 1.165) is 0 Å². The van der Waals surface area contributed by atoms with Crippen LogP contribution in [0.3, 0.4) is 0 Å². The van der Waals surface area contributed by atoms with Crippen LogP contribution in [0, 0.1) is 0 Å². The van der Waals surface area contributed by atoms with Gasteiger partial charge in [-0.05, 0) is 13.8 Å². The van der Waals surface area contributed by atoms with Gasteiger partial charge in [0, 0.05) is 19.7 Å². The number of carbonyl (C=O) groups excluding carboxylic acids is 1. The predicted octanol–water partition coefficient (Wildman–Crippen LogP) is 0.511. The molecule has 1 amide bonds. The van der Waals surface area contributed by atoms with Crippen LogP contribution in [0.4, 0.5) is 0 Å². The van der Waals surface area contributed by atoms with E-state index in [1.54, 1.807) is 6.33 Å². The lowest BCUT2D eigenvalue weighted by molar-refractivity contribution is -0.143. The Balaban J connectivity index is 2.59. The van der Waals surface area contributed by atoms with Crippen LogP contribution in [0.15, 0.2) is 11.5 Å². The van der Waals surface area contributed by atoms with E-state index >= 15 is 0 Å². The number of nitrogens with zero attached hydrogens (tertiary/aromatic N) is 4. The number of aromatic nitrogens is 3. The molecule has 1 rings (SSSR count). The number of aliphatic carboxylic acids is 1. The number of amides is 1. The summed E-state index contributed by atoms with van der Waals surface area (Å²) in [5.74, 6) is -1.20. The molecule has 0 bridgehead atoms. The Labute approximate surface area is 127 Å². The van der Waals surface area contributed by atoms with Crippen LogP contribution in [0.1, 0.15) is 19.9 Å². The van der Waals surface area contributed by atoms with Gasteiger partial charge >= 0.3 is 5.97 Å². The number of methoxy groups -OCH3 is 1. The third-order valence-corrected chi connectivity index (χ3v) is 3.61. The second-order valence-electron chi connectivity index (χ2n) is 4.61. The molecular formula is C12H20N4O4S. The summed E-state index contributed by atoms with van der Waals surface area (Å²) in [6, 6.07) is 0.196. The average Bonchev–Trinajstić information content (AvgIpc) is 2.89. The highest BCUT2D eigenvalue weighted by molar-refractivity contribution is 7.99. The lowest BCUT2D eigenvalue weighted by Crippen LogP contribution is -2.39. The van der Waals surface area contributed by atoms with Gasteiger partial charge in [-0.2, -0.15) is 0 Å². The molecule has 0 fully saturated rings. The quantitative estimate of drug-likeness (QED) is 0.663. The highest BCUT2D eigenvalue weighted by Crippen LogP contribution is 2.19. The number of hydrogen-bond acceptors (Lipinski definition) is 6. The summed E-state index contributed by atoms with van der Waals surface area (Å²) in [6.07, 6.45) is 1.61. The van der Waals surface area contributed by atoms with Gasteiger partial charge in [0.15, 0.2) is 5.16 Å². The van der Waals surface area contributed by atoms with Gasteiger partial charge in [0.25, 0.3) is 0 Å². The van der Waals surface area contributed by atoms with Crippen LogP contribution in [0.5, 0.6) is 0 Å². The molecule has 0 aliphatic carbocycles. The minimum atomic E-state index is -1.05. The van der Waals surface area contributed by atoms with Crippen molar-refractivity contribution in [3.8, 4) is 0 Å². The molecule has 8 nitrogen and oxygen atoms in total. The van der Waals surface area contributed by atoms with Crippen LogP contribution in [-0.4, -0.2) is 69.2 Å². The Morgan fingerprint density at radius 2 is 2.24 bits per heavy atom. The molecule has 0 spiro atoms. The van der Waals surface area contributed by atoms with Gasteiger partial charge < -0.3 is 19.3 Å². The highest BCUT2D eigenvalue weighted by Gasteiger charge is 2.18. The van der Waals surface area contributed by atoms with E-state index in [2.05, 4.69) is 10.2 Å². The fourth-order valence-corrected chi connectivity index (χ4v) is 2.51. The number of carboxylic acid groups (broad SMARTS) is 1. The molecule has 9 heteroatoms. The molecule has 1 N–H and O–H groups in total. The standard InChI is InChI=1S/C12H20N4O4S/c1-9(2)16-8-13-14-12(16)21-7-10(17)15(4-5-20-3)6-11(18)19/h8-9H,4-7H2,1-3H3,(H,18,19). The Kier molecular flexibility index (Phi) is 7.17. The molecule has 0 radical (unpaired) electrons. The van der Waals surface area contributed by atoms with Crippen LogP contribution in [-0.2, 0) is 14.3 Å². The van der Waals surface area contributed by atoms with Crippen molar-refractivity contribution in [1.82, 2.24) is 19.7 Å². The largest absolute Gasteiger partial charge is 0.480 e. The van der Waals surface area contributed by atoms with Crippen molar-refractivity contribution in [2.24, 2.45) is 0 Å². The number of carbonyl (C=O) groups is 2. The van der Waals surface area contributed by atoms with Crippen molar-refractivity contribution in [3.05, 3.63) is 6.33 Å². The van der Waals surface area contributed by atoms with Crippen molar-refractivity contribution in [3.63, 3.8) is 0 Å². The molecule has 1 heterocycles. The monoisotopic (exact) mass is 316 g/mol. The second kappa shape index (κ2) is 8.63. The summed E-state index contributed by atoms with van der Waals surface area (Å²) >= 11 is 1.24. The first-order chi connectivity index (χ1) is 9.95. The zero-order chi connectivity index (χ0) is 15.8. The Bertz CT molecular complexity index is 478. The SMILES string of the molecule is COCCN(CC(=O)O)C(=O)CSc1nncn1C(C)C. The van der Waals surface area contributed by atoms with Crippen LogP contribution < -0.4 is 0 Å². The van der Waals surface area contributed by atoms with Gasteiger partial charge in [-0.15, -0.1) is 10.2 Å². The molecule has 0 aromatic carbocycles. The van der Waals surface area contributed by atoms with Gasteiger partial charge in [-0.25, -0.2) is 0 Å². The third-order valence-electron chi connectivity index (χ3n) is 2.67. The summed E-state index contributed by atoms with van der Waals surface area (Å²) in [7, 11) is 1.50. The molecule has 118 valence electrons. The Hall–Kier alpha value is -1.61. The Morgan fingerprint density at radius 3 is 2.81 bits per heavy atom. The zero-order valence-corrected chi connectivity index (χ0v) is 13.2. The van der Waals surface area contributed by atoms with E-state index in [-0.39, 0.29) is 30.8 Å². The van der Waals surface area contributed by atoms with Crippen molar-refractivity contribution in [2.45, 2.75) is 25.0 Å². The van der Waals surface area contributed by atoms with E-state index in [4.69, 9.17) is 9.84 Å². The number of rotatable bonds is 9. The topological polar surface area (TPSA) is 97.6 Å². The van der Waals surface area contributed by atoms with E-state index in [1.165, 1.54) is 23.8 Å².